The highest BCUT2D eigenvalue weighted by Crippen LogP contribution is 2.30. The van der Waals surface area contributed by atoms with Crippen molar-refractivity contribution in [3.63, 3.8) is 0 Å². The lowest BCUT2D eigenvalue weighted by molar-refractivity contribution is 0.619. The van der Waals surface area contributed by atoms with Crippen LogP contribution in [-0.2, 0) is 12.8 Å². The number of para-hydroxylation sites is 1. The standard InChI is InChI=1S/C16H16N4O/c17-20-15-11-6-2-3-7-12(11)18-16(19-15)14-9-10-5-1-4-8-13(10)21-14/h1,4-5,8-9H,2-3,6-7,17H2,(H,18,19,20). The van der Waals surface area contributed by atoms with Crippen LogP contribution >= 0.6 is 0 Å². The second kappa shape index (κ2) is 4.86. The van der Waals surface area contributed by atoms with Crippen LogP contribution in [0.25, 0.3) is 22.6 Å². The number of nitrogens with zero attached hydrogens (tertiary/aromatic N) is 2. The van der Waals surface area contributed by atoms with E-state index in [4.69, 9.17) is 10.3 Å². The van der Waals surface area contributed by atoms with E-state index >= 15 is 0 Å². The van der Waals surface area contributed by atoms with Crippen molar-refractivity contribution in [2.75, 3.05) is 5.43 Å². The number of aromatic nitrogens is 2. The first-order chi connectivity index (χ1) is 10.3. The second-order valence-electron chi connectivity index (χ2n) is 5.32. The summed E-state index contributed by atoms with van der Waals surface area (Å²) in [6.07, 6.45) is 4.28. The average Bonchev–Trinajstić information content (AvgIpc) is 2.98. The second-order valence-corrected chi connectivity index (χ2v) is 5.32. The predicted molar refractivity (Wildman–Crippen MR) is 81.7 cm³/mol. The molecule has 106 valence electrons. The van der Waals surface area contributed by atoms with Crippen molar-refractivity contribution in [2.24, 2.45) is 5.84 Å². The van der Waals surface area contributed by atoms with Crippen LogP contribution in [0.1, 0.15) is 24.1 Å². The van der Waals surface area contributed by atoms with E-state index < -0.39 is 0 Å². The topological polar surface area (TPSA) is 77.0 Å². The molecule has 2 heterocycles. The molecule has 0 unspecified atom stereocenters. The number of anilines is 1. The molecule has 5 nitrogen and oxygen atoms in total. The quantitative estimate of drug-likeness (QED) is 0.557. The van der Waals surface area contributed by atoms with Crippen molar-refractivity contribution in [3.8, 4) is 11.6 Å². The summed E-state index contributed by atoms with van der Waals surface area (Å²) in [5.41, 5.74) is 5.78. The molecule has 2 aromatic heterocycles. The first kappa shape index (κ1) is 12.3. The summed E-state index contributed by atoms with van der Waals surface area (Å²) < 4.78 is 5.85. The van der Waals surface area contributed by atoms with Crippen molar-refractivity contribution in [1.29, 1.82) is 0 Å². The SMILES string of the molecule is NNc1nc(-c2cc3ccccc3o2)nc2c1CCCC2. The number of hydrogen-bond donors (Lipinski definition) is 2. The van der Waals surface area contributed by atoms with Gasteiger partial charge < -0.3 is 9.84 Å². The Morgan fingerprint density at radius 1 is 1.10 bits per heavy atom. The van der Waals surface area contributed by atoms with Crippen molar-refractivity contribution >= 4 is 16.8 Å². The van der Waals surface area contributed by atoms with E-state index in [0.29, 0.717) is 11.6 Å². The molecular weight excluding hydrogens is 264 g/mol. The number of aryl methyl sites for hydroxylation is 1. The van der Waals surface area contributed by atoms with Crippen LogP contribution in [0.3, 0.4) is 0 Å². The van der Waals surface area contributed by atoms with Crippen LogP contribution in [0.2, 0.25) is 0 Å². The Morgan fingerprint density at radius 3 is 2.81 bits per heavy atom. The number of fused-ring (bicyclic) bond motifs is 2. The van der Waals surface area contributed by atoms with Gasteiger partial charge in [0.15, 0.2) is 11.6 Å². The zero-order valence-electron chi connectivity index (χ0n) is 11.6. The van der Waals surface area contributed by atoms with Gasteiger partial charge in [-0.1, -0.05) is 18.2 Å². The van der Waals surface area contributed by atoms with Crippen LogP contribution in [0.4, 0.5) is 5.82 Å². The monoisotopic (exact) mass is 280 g/mol. The Labute approximate surface area is 122 Å². The Kier molecular flexibility index (Phi) is 2.86. The van der Waals surface area contributed by atoms with Crippen LogP contribution in [-0.4, -0.2) is 9.97 Å². The maximum absolute atomic E-state index is 5.85. The molecule has 0 radical (unpaired) electrons. The Hall–Kier alpha value is -2.40. The van der Waals surface area contributed by atoms with Crippen molar-refractivity contribution in [3.05, 3.63) is 41.6 Å². The van der Waals surface area contributed by atoms with Crippen molar-refractivity contribution in [1.82, 2.24) is 9.97 Å². The fourth-order valence-electron chi connectivity index (χ4n) is 2.92. The van der Waals surface area contributed by atoms with E-state index in [1.54, 1.807) is 0 Å². The number of hydrogen-bond acceptors (Lipinski definition) is 5. The summed E-state index contributed by atoms with van der Waals surface area (Å²) in [5, 5.41) is 1.05. The fourth-order valence-corrected chi connectivity index (χ4v) is 2.92. The van der Waals surface area contributed by atoms with Crippen LogP contribution < -0.4 is 11.3 Å². The zero-order valence-corrected chi connectivity index (χ0v) is 11.6. The van der Waals surface area contributed by atoms with Gasteiger partial charge in [0.2, 0.25) is 0 Å². The molecule has 3 N–H and O–H groups in total. The minimum absolute atomic E-state index is 0.597. The van der Waals surface area contributed by atoms with E-state index in [1.807, 2.05) is 30.3 Å². The van der Waals surface area contributed by atoms with Gasteiger partial charge in [-0.05, 0) is 37.8 Å². The van der Waals surface area contributed by atoms with E-state index in [-0.39, 0.29) is 0 Å². The molecule has 5 heteroatoms. The largest absolute Gasteiger partial charge is 0.453 e. The number of rotatable bonds is 2. The highest BCUT2D eigenvalue weighted by molar-refractivity contribution is 5.81. The molecule has 1 aliphatic rings. The summed E-state index contributed by atoms with van der Waals surface area (Å²) in [7, 11) is 0. The van der Waals surface area contributed by atoms with E-state index in [0.717, 1.165) is 53.7 Å². The predicted octanol–water partition coefficient (Wildman–Crippen LogP) is 3.05. The smallest absolute Gasteiger partial charge is 0.197 e. The molecule has 0 bridgehead atoms. The van der Waals surface area contributed by atoms with E-state index in [9.17, 15) is 0 Å². The van der Waals surface area contributed by atoms with Gasteiger partial charge in [0.05, 0.1) is 0 Å². The maximum Gasteiger partial charge on any atom is 0.197 e. The molecule has 0 amide bonds. The zero-order chi connectivity index (χ0) is 14.2. The van der Waals surface area contributed by atoms with Gasteiger partial charge in [-0.3, -0.25) is 0 Å². The van der Waals surface area contributed by atoms with Crippen LogP contribution in [0, 0.1) is 0 Å². The third-order valence-electron chi connectivity index (χ3n) is 3.97. The van der Waals surface area contributed by atoms with Gasteiger partial charge in [-0.25, -0.2) is 15.8 Å². The summed E-state index contributed by atoms with van der Waals surface area (Å²) in [4.78, 5) is 9.22. The summed E-state index contributed by atoms with van der Waals surface area (Å²) >= 11 is 0. The van der Waals surface area contributed by atoms with Crippen molar-refractivity contribution in [2.45, 2.75) is 25.7 Å². The number of nitrogen functional groups attached to an aromatic ring is 1. The molecule has 1 aliphatic carbocycles. The number of benzene rings is 1. The number of nitrogens with one attached hydrogen (secondary N) is 1. The van der Waals surface area contributed by atoms with Crippen LogP contribution in [0.15, 0.2) is 34.7 Å². The number of nitrogens with two attached hydrogens (primary N) is 1. The third-order valence-corrected chi connectivity index (χ3v) is 3.97. The normalized spacial score (nSPS) is 14.1. The summed E-state index contributed by atoms with van der Waals surface area (Å²) in [6, 6.07) is 9.88. The molecule has 0 saturated carbocycles. The minimum atomic E-state index is 0.597. The minimum Gasteiger partial charge on any atom is -0.453 e. The first-order valence-corrected chi connectivity index (χ1v) is 7.20. The molecule has 0 atom stereocenters. The van der Waals surface area contributed by atoms with Gasteiger partial charge >= 0.3 is 0 Å². The van der Waals surface area contributed by atoms with Crippen molar-refractivity contribution < 1.29 is 4.42 Å². The lowest BCUT2D eigenvalue weighted by Gasteiger charge is -2.18. The lowest BCUT2D eigenvalue weighted by Crippen LogP contribution is -2.17. The van der Waals surface area contributed by atoms with Gasteiger partial charge in [0.25, 0.3) is 0 Å². The Balaban J connectivity index is 1.87. The average molecular weight is 280 g/mol. The Bertz CT molecular complexity index is 759. The third kappa shape index (κ3) is 2.06. The molecule has 0 aliphatic heterocycles. The molecule has 1 aromatic carbocycles. The highest BCUT2D eigenvalue weighted by Gasteiger charge is 2.19. The first-order valence-electron chi connectivity index (χ1n) is 7.20. The molecule has 0 spiro atoms. The number of hydrazine groups is 1. The summed E-state index contributed by atoms with van der Waals surface area (Å²) in [6.45, 7) is 0. The van der Waals surface area contributed by atoms with Gasteiger partial charge in [-0.2, -0.15) is 0 Å². The molecule has 0 fully saturated rings. The lowest BCUT2D eigenvalue weighted by atomic mass is 9.96. The molecule has 0 saturated heterocycles. The molecule has 4 rings (SSSR count). The van der Waals surface area contributed by atoms with E-state index in [2.05, 4.69) is 15.4 Å². The summed E-state index contributed by atoms with van der Waals surface area (Å²) in [5.74, 6) is 7.62. The highest BCUT2D eigenvalue weighted by atomic mass is 16.3. The molecular formula is C16H16N4O. The number of furan rings is 1. The molecule has 3 aromatic rings. The van der Waals surface area contributed by atoms with Crippen LogP contribution in [0.5, 0.6) is 0 Å². The van der Waals surface area contributed by atoms with Gasteiger partial charge in [0.1, 0.15) is 11.4 Å². The molecule has 21 heavy (non-hydrogen) atoms. The van der Waals surface area contributed by atoms with Gasteiger partial charge in [0, 0.05) is 16.6 Å². The fraction of sp³-hybridized carbons (Fsp3) is 0.250. The van der Waals surface area contributed by atoms with Gasteiger partial charge in [-0.15, -0.1) is 0 Å². The maximum atomic E-state index is 5.85. The van der Waals surface area contributed by atoms with E-state index in [1.165, 1.54) is 0 Å². The Morgan fingerprint density at radius 2 is 1.95 bits per heavy atom.